The number of likely N-dealkylation sites (tertiary alicyclic amines) is 1. The van der Waals surface area contributed by atoms with Crippen LogP contribution in [-0.2, 0) is 21.4 Å². The summed E-state index contributed by atoms with van der Waals surface area (Å²) in [5, 5.41) is 0. The molecule has 8 nitrogen and oxygen atoms in total. The van der Waals surface area contributed by atoms with Gasteiger partial charge in [-0.25, -0.2) is 13.6 Å². The lowest BCUT2D eigenvalue weighted by Gasteiger charge is -2.46. The number of nitrogens with zero attached hydrogens (tertiary/aromatic N) is 5. The van der Waals surface area contributed by atoms with Gasteiger partial charge in [-0.15, -0.1) is 0 Å². The number of carbonyl (C=O) groups excluding carboxylic acids is 2. The van der Waals surface area contributed by atoms with Gasteiger partial charge in [0.2, 0.25) is 5.91 Å². The van der Waals surface area contributed by atoms with Gasteiger partial charge in [0.1, 0.15) is 18.1 Å². The SMILES string of the molecule is C[C@@H]1CN(CC(=O)N2CC(C)(C)c3ncc(Cc4ccc(F)cc4)cc32)[C@@H](CN2CCC[C@H]2CF)CN1C(=O)OC(C)(C)C. The molecule has 2 amide bonds. The average Bonchev–Trinajstić information content (AvgIpc) is 3.51. The van der Waals surface area contributed by atoms with Crippen LogP contribution < -0.4 is 4.90 Å². The van der Waals surface area contributed by atoms with E-state index in [4.69, 9.17) is 9.72 Å². The molecule has 0 radical (unpaired) electrons. The zero-order valence-electron chi connectivity index (χ0n) is 27.0. The maximum atomic E-state index is 14.1. The number of anilines is 1. The topological polar surface area (TPSA) is 69.2 Å². The van der Waals surface area contributed by atoms with Crippen molar-refractivity contribution >= 4 is 17.7 Å². The Morgan fingerprint density at radius 3 is 2.48 bits per heavy atom. The summed E-state index contributed by atoms with van der Waals surface area (Å²) in [6.07, 6.45) is 3.84. The van der Waals surface area contributed by atoms with Crippen molar-refractivity contribution in [3.8, 4) is 0 Å². The molecule has 4 heterocycles. The molecule has 3 aliphatic heterocycles. The van der Waals surface area contributed by atoms with E-state index in [0.717, 1.165) is 41.9 Å². The molecule has 0 saturated carbocycles. The highest BCUT2D eigenvalue weighted by Gasteiger charge is 2.43. The number of alkyl halides is 1. The van der Waals surface area contributed by atoms with Crippen LogP contribution in [0.5, 0.6) is 0 Å². The Morgan fingerprint density at radius 2 is 1.80 bits per heavy atom. The van der Waals surface area contributed by atoms with E-state index in [9.17, 15) is 18.4 Å². The highest BCUT2D eigenvalue weighted by molar-refractivity contribution is 5.97. The summed E-state index contributed by atoms with van der Waals surface area (Å²) in [6.45, 7) is 14.4. The number of hydrogen-bond donors (Lipinski definition) is 0. The lowest BCUT2D eigenvalue weighted by Crippen LogP contribution is -2.63. The average molecular weight is 612 g/mol. The Kier molecular flexibility index (Phi) is 9.33. The van der Waals surface area contributed by atoms with Gasteiger partial charge >= 0.3 is 6.09 Å². The van der Waals surface area contributed by atoms with Gasteiger partial charge in [0, 0.05) is 55.9 Å². The van der Waals surface area contributed by atoms with Crippen LogP contribution in [0.1, 0.15) is 71.2 Å². The Morgan fingerprint density at radius 1 is 1.07 bits per heavy atom. The first kappa shape index (κ1) is 32.3. The van der Waals surface area contributed by atoms with Crippen LogP contribution in [0.25, 0.3) is 0 Å². The first-order valence-electron chi connectivity index (χ1n) is 15.8. The minimum absolute atomic E-state index is 0.0241. The van der Waals surface area contributed by atoms with Crippen molar-refractivity contribution in [3.63, 3.8) is 0 Å². The Hall–Kier alpha value is -3.11. The zero-order valence-corrected chi connectivity index (χ0v) is 27.0. The van der Waals surface area contributed by atoms with Crippen LogP contribution in [-0.4, -0.2) is 101 Å². The minimum atomic E-state index is -0.618. The fourth-order valence-corrected chi connectivity index (χ4v) is 6.83. The van der Waals surface area contributed by atoms with Crippen LogP contribution in [0.2, 0.25) is 0 Å². The van der Waals surface area contributed by atoms with E-state index in [1.807, 2.05) is 44.9 Å². The first-order chi connectivity index (χ1) is 20.7. The molecule has 0 unspecified atom stereocenters. The van der Waals surface area contributed by atoms with Crippen LogP contribution >= 0.6 is 0 Å². The quantitative estimate of drug-likeness (QED) is 0.430. The van der Waals surface area contributed by atoms with Crippen LogP contribution in [0.15, 0.2) is 36.5 Å². The molecule has 3 atom stereocenters. The Balaban J connectivity index is 1.36. The molecular formula is C34H47F2N5O3. The maximum Gasteiger partial charge on any atom is 0.410 e. The van der Waals surface area contributed by atoms with Gasteiger partial charge in [-0.05, 0) is 82.8 Å². The molecule has 10 heteroatoms. The van der Waals surface area contributed by atoms with Crippen molar-refractivity contribution in [2.75, 3.05) is 50.8 Å². The summed E-state index contributed by atoms with van der Waals surface area (Å²) in [7, 11) is 0. The van der Waals surface area contributed by atoms with Crippen molar-refractivity contribution in [3.05, 3.63) is 59.2 Å². The van der Waals surface area contributed by atoms with Crippen molar-refractivity contribution < 1.29 is 23.1 Å². The van der Waals surface area contributed by atoms with Crippen LogP contribution in [0.3, 0.4) is 0 Å². The second-order valence-electron chi connectivity index (χ2n) is 14.4. The normalized spacial score (nSPS) is 24.0. The van der Waals surface area contributed by atoms with Gasteiger partial charge in [0.25, 0.3) is 0 Å². The molecule has 5 rings (SSSR count). The number of pyridine rings is 1. The van der Waals surface area contributed by atoms with Gasteiger partial charge in [-0.3, -0.25) is 19.6 Å². The number of halogens is 2. The number of carbonyl (C=O) groups is 2. The summed E-state index contributed by atoms with van der Waals surface area (Å²) < 4.78 is 33.0. The van der Waals surface area contributed by atoms with Gasteiger partial charge in [-0.2, -0.15) is 0 Å². The second kappa shape index (κ2) is 12.7. The van der Waals surface area contributed by atoms with Crippen molar-refractivity contribution in [1.29, 1.82) is 0 Å². The summed E-state index contributed by atoms with van der Waals surface area (Å²) >= 11 is 0. The molecule has 2 aromatic rings. The summed E-state index contributed by atoms with van der Waals surface area (Å²) in [5.74, 6) is -0.298. The molecule has 2 saturated heterocycles. The summed E-state index contributed by atoms with van der Waals surface area (Å²) in [4.78, 5) is 40.0. The third-order valence-corrected chi connectivity index (χ3v) is 9.08. The number of ether oxygens (including phenoxy) is 1. The summed E-state index contributed by atoms with van der Waals surface area (Å²) in [6, 6.07) is 8.04. The predicted octanol–water partition coefficient (Wildman–Crippen LogP) is 5.18. The van der Waals surface area contributed by atoms with E-state index in [2.05, 4.69) is 23.6 Å². The van der Waals surface area contributed by atoms with Crippen molar-refractivity contribution in [2.24, 2.45) is 0 Å². The molecule has 2 fully saturated rings. The lowest BCUT2D eigenvalue weighted by molar-refractivity contribution is -0.121. The van der Waals surface area contributed by atoms with Gasteiger partial charge in [-0.1, -0.05) is 26.0 Å². The van der Waals surface area contributed by atoms with Crippen LogP contribution in [0.4, 0.5) is 19.3 Å². The van der Waals surface area contributed by atoms with E-state index in [-0.39, 0.29) is 47.9 Å². The molecule has 240 valence electrons. The maximum absolute atomic E-state index is 14.1. The standard InChI is InChI=1S/C34H47F2N5O3/c1-23-18-39(28(19-38-13-7-8-27(38)16-35)20-40(23)32(43)44-33(2,3)4)21-30(42)41-22-34(5,6)31-29(41)15-25(17-37-31)14-24-9-11-26(36)12-10-24/h9-12,15,17,23,27-28H,7-8,13-14,16,18-22H2,1-6H3/t23-,27+,28+/m1/s1. The monoisotopic (exact) mass is 611 g/mol. The molecule has 0 bridgehead atoms. The van der Waals surface area contributed by atoms with Crippen molar-refractivity contribution in [2.45, 2.75) is 89.9 Å². The highest BCUT2D eigenvalue weighted by atomic mass is 19.1. The third-order valence-electron chi connectivity index (χ3n) is 9.08. The Labute approximate surface area is 260 Å². The van der Waals surface area contributed by atoms with Crippen molar-refractivity contribution in [1.82, 2.24) is 19.7 Å². The molecular weight excluding hydrogens is 564 g/mol. The molecule has 0 spiro atoms. The Bertz CT molecular complexity index is 1350. The number of amides is 2. The van der Waals surface area contributed by atoms with Gasteiger partial charge in [0.05, 0.1) is 17.9 Å². The molecule has 3 aliphatic rings. The number of benzene rings is 1. The minimum Gasteiger partial charge on any atom is -0.444 e. The van der Waals surface area contributed by atoms with E-state index in [1.54, 1.807) is 17.0 Å². The largest absolute Gasteiger partial charge is 0.444 e. The number of fused-ring (bicyclic) bond motifs is 1. The number of rotatable bonds is 7. The lowest BCUT2D eigenvalue weighted by atomic mass is 9.91. The molecule has 0 aliphatic carbocycles. The third kappa shape index (κ3) is 7.23. The molecule has 1 aromatic carbocycles. The zero-order chi connectivity index (χ0) is 31.8. The van der Waals surface area contributed by atoms with Crippen LogP contribution in [0, 0.1) is 5.82 Å². The van der Waals surface area contributed by atoms with Gasteiger partial charge in [0.15, 0.2) is 0 Å². The molecule has 1 aromatic heterocycles. The second-order valence-corrected chi connectivity index (χ2v) is 14.4. The number of hydrogen-bond acceptors (Lipinski definition) is 6. The van der Waals surface area contributed by atoms with E-state index in [0.29, 0.717) is 32.6 Å². The first-order valence-corrected chi connectivity index (χ1v) is 15.8. The molecule has 44 heavy (non-hydrogen) atoms. The summed E-state index contributed by atoms with van der Waals surface area (Å²) in [5.41, 5.74) is 2.69. The number of piperazine rings is 1. The number of aromatic nitrogens is 1. The smallest absolute Gasteiger partial charge is 0.410 e. The fourth-order valence-electron chi connectivity index (χ4n) is 6.83. The predicted molar refractivity (Wildman–Crippen MR) is 167 cm³/mol. The fraction of sp³-hybridized carbons (Fsp3) is 0.618. The molecule has 0 N–H and O–H groups in total. The van der Waals surface area contributed by atoms with E-state index >= 15 is 0 Å². The highest BCUT2D eigenvalue weighted by Crippen LogP contribution is 2.40. The van der Waals surface area contributed by atoms with E-state index < -0.39 is 12.3 Å². The van der Waals surface area contributed by atoms with Gasteiger partial charge < -0.3 is 14.5 Å². The van der Waals surface area contributed by atoms with E-state index in [1.165, 1.54) is 12.1 Å².